The minimum Gasteiger partial charge on any atom is -0.379 e. The number of rotatable bonds is 5. The van der Waals surface area contributed by atoms with Crippen LogP contribution in [0.4, 0.5) is 0 Å². The number of fused-ring (bicyclic) bond motifs is 1. The van der Waals surface area contributed by atoms with E-state index in [1.54, 1.807) is 11.3 Å². The molecule has 1 aliphatic heterocycles. The van der Waals surface area contributed by atoms with Gasteiger partial charge >= 0.3 is 0 Å². The van der Waals surface area contributed by atoms with Gasteiger partial charge in [-0.3, -0.25) is 9.78 Å². The second-order valence-electron chi connectivity index (χ2n) is 6.70. The van der Waals surface area contributed by atoms with E-state index >= 15 is 0 Å². The standard InChI is InChI=1S/C20H21N3O2S/c1-13-22-16(12-26-13)9-20(24)23-19-11-25-10-15(19)8-14-6-7-21-18-5-3-2-4-17(14)18/h2-7,12,15,19H,8-11H2,1H3,(H,23,24)/t15-,19-/m1/s1. The first-order chi connectivity index (χ1) is 12.7. The molecule has 134 valence electrons. The molecule has 2 aromatic heterocycles. The lowest BCUT2D eigenvalue weighted by Gasteiger charge is -2.19. The molecule has 0 saturated carbocycles. The summed E-state index contributed by atoms with van der Waals surface area (Å²) >= 11 is 1.57. The maximum atomic E-state index is 12.4. The lowest BCUT2D eigenvalue weighted by Crippen LogP contribution is -2.41. The number of nitrogens with zero attached hydrogens (tertiary/aromatic N) is 2. The van der Waals surface area contributed by atoms with Crippen LogP contribution in [0.1, 0.15) is 16.3 Å². The van der Waals surface area contributed by atoms with Crippen LogP contribution in [0.5, 0.6) is 0 Å². The summed E-state index contributed by atoms with van der Waals surface area (Å²) in [5.41, 5.74) is 3.09. The van der Waals surface area contributed by atoms with Crippen molar-refractivity contribution in [1.82, 2.24) is 15.3 Å². The van der Waals surface area contributed by atoms with Crippen LogP contribution in [0, 0.1) is 12.8 Å². The molecule has 0 unspecified atom stereocenters. The first-order valence-electron chi connectivity index (χ1n) is 8.80. The normalized spacial score (nSPS) is 19.7. The SMILES string of the molecule is Cc1nc(CC(=O)N[C@@H]2COC[C@H]2Cc2ccnc3ccccc23)cs1. The van der Waals surface area contributed by atoms with Crippen molar-refractivity contribution in [2.75, 3.05) is 13.2 Å². The van der Waals surface area contributed by atoms with Gasteiger partial charge in [-0.05, 0) is 31.0 Å². The lowest BCUT2D eigenvalue weighted by atomic mass is 9.93. The number of para-hydroxylation sites is 1. The summed E-state index contributed by atoms with van der Waals surface area (Å²) in [6.07, 6.45) is 3.04. The maximum absolute atomic E-state index is 12.4. The Labute approximate surface area is 156 Å². The second kappa shape index (κ2) is 7.51. The quantitative estimate of drug-likeness (QED) is 0.753. The van der Waals surface area contributed by atoms with Gasteiger partial charge < -0.3 is 10.1 Å². The Hall–Kier alpha value is -2.31. The zero-order chi connectivity index (χ0) is 17.9. The van der Waals surface area contributed by atoms with E-state index in [4.69, 9.17) is 4.74 Å². The summed E-state index contributed by atoms with van der Waals surface area (Å²) in [7, 11) is 0. The van der Waals surface area contributed by atoms with Crippen molar-refractivity contribution in [1.29, 1.82) is 0 Å². The minimum absolute atomic E-state index is 0.00962. The number of hydrogen-bond donors (Lipinski definition) is 1. The number of thiazole rings is 1. The van der Waals surface area contributed by atoms with E-state index < -0.39 is 0 Å². The third kappa shape index (κ3) is 3.76. The molecule has 26 heavy (non-hydrogen) atoms. The van der Waals surface area contributed by atoms with Crippen LogP contribution in [-0.4, -0.2) is 35.1 Å². The highest BCUT2D eigenvalue weighted by molar-refractivity contribution is 7.09. The highest BCUT2D eigenvalue weighted by Gasteiger charge is 2.30. The van der Waals surface area contributed by atoms with Crippen LogP contribution in [0.25, 0.3) is 10.9 Å². The van der Waals surface area contributed by atoms with Gasteiger partial charge in [0.05, 0.1) is 41.9 Å². The van der Waals surface area contributed by atoms with E-state index in [-0.39, 0.29) is 17.9 Å². The number of aromatic nitrogens is 2. The zero-order valence-corrected chi connectivity index (χ0v) is 15.5. The van der Waals surface area contributed by atoms with E-state index in [1.807, 2.05) is 36.7 Å². The van der Waals surface area contributed by atoms with Gasteiger partial charge in [0.2, 0.25) is 5.91 Å². The van der Waals surface area contributed by atoms with Crippen molar-refractivity contribution < 1.29 is 9.53 Å². The fourth-order valence-corrected chi connectivity index (χ4v) is 4.10. The minimum atomic E-state index is 0.00962. The highest BCUT2D eigenvalue weighted by atomic mass is 32.1. The third-order valence-corrected chi connectivity index (χ3v) is 5.60. The van der Waals surface area contributed by atoms with Crippen LogP contribution in [0.3, 0.4) is 0 Å². The van der Waals surface area contributed by atoms with Gasteiger partial charge in [-0.25, -0.2) is 4.98 Å². The fourth-order valence-electron chi connectivity index (χ4n) is 3.49. The van der Waals surface area contributed by atoms with E-state index in [0.717, 1.165) is 22.6 Å². The smallest absolute Gasteiger partial charge is 0.226 e. The van der Waals surface area contributed by atoms with Gasteiger partial charge in [0.1, 0.15) is 0 Å². The molecule has 6 heteroatoms. The van der Waals surface area contributed by atoms with Crippen LogP contribution >= 0.6 is 11.3 Å². The molecule has 3 aromatic rings. The molecular weight excluding hydrogens is 346 g/mol. The van der Waals surface area contributed by atoms with Crippen LogP contribution in [0.15, 0.2) is 41.9 Å². The summed E-state index contributed by atoms with van der Waals surface area (Å²) in [5, 5.41) is 7.24. The van der Waals surface area contributed by atoms with Crippen LogP contribution < -0.4 is 5.32 Å². The Kier molecular flexibility index (Phi) is 4.95. The monoisotopic (exact) mass is 367 g/mol. The number of hydrogen-bond acceptors (Lipinski definition) is 5. The van der Waals surface area contributed by atoms with Crippen molar-refractivity contribution in [3.8, 4) is 0 Å². The molecule has 0 bridgehead atoms. The van der Waals surface area contributed by atoms with Crippen molar-refractivity contribution in [3.05, 3.63) is 58.2 Å². The lowest BCUT2D eigenvalue weighted by molar-refractivity contribution is -0.121. The number of benzene rings is 1. The molecule has 0 aliphatic carbocycles. The fraction of sp³-hybridized carbons (Fsp3) is 0.350. The molecule has 4 rings (SSSR count). The number of carbonyl (C=O) groups is 1. The molecule has 1 amide bonds. The highest BCUT2D eigenvalue weighted by Crippen LogP contribution is 2.24. The predicted octanol–water partition coefficient (Wildman–Crippen LogP) is 2.92. The molecule has 1 saturated heterocycles. The maximum Gasteiger partial charge on any atom is 0.226 e. The zero-order valence-electron chi connectivity index (χ0n) is 14.6. The van der Waals surface area contributed by atoms with E-state index in [9.17, 15) is 4.79 Å². The van der Waals surface area contributed by atoms with E-state index in [2.05, 4.69) is 27.4 Å². The first-order valence-corrected chi connectivity index (χ1v) is 9.68. The molecule has 2 atom stereocenters. The van der Waals surface area contributed by atoms with Gasteiger partial charge in [-0.1, -0.05) is 18.2 Å². The molecular formula is C20H21N3O2S. The van der Waals surface area contributed by atoms with Gasteiger partial charge in [0.25, 0.3) is 0 Å². The molecule has 1 aromatic carbocycles. The average Bonchev–Trinajstić information content (AvgIpc) is 3.24. The number of carbonyl (C=O) groups excluding carboxylic acids is 1. The van der Waals surface area contributed by atoms with Crippen molar-refractivity contribution in [2.24, 2.45) is 5.92 Å². The van der Waals surface area contributed by atoms with Crippen molar-refractivity contribution >= 4 is 28.1 Å². The Balaban J connectivity index is 1.44. The first kappa shape index (κ1) is 17.1. The number of pyridine rings is 1. The Bertz CT molecular complexity index is 919. The molecule has 0 spiro atoms. The number of ether oxygens (including phenoxy) is 1. The van der Waals surface area contributed by atoms with E-state index in [0.29, 0.717) is 19.6 Å². The van der Waals surface area contributed by atoms with E-state index in [1.165, 1.54) is 10.9 Å². The molecule has 1 N–H and O–H groups in total. The van der Waals surface area contributed by atoms with Crippen LogP contribution in [0.2, 0.25) is 0 Å². The third-order valence-electron chi connectivity index (χ3n) is 4.77. The predicted molar refractivity (Wildman–Crippen MR) is 102 cm³/mol. The Morgan fingerprint density at radius 2 is 2.19 bits per heavy atom. The molecule has 1 fully saturated rings. The summed E-state index contributed by atoms with van der Waals surface area (Å²) in [6, 6.07) is 10.3. The largest absolute Gasteiger partial charge is 0.379 e. The summed E-state index contributed by atoms with van der Waals surface area (Å²) in [6.45, 7) is 3.18. The van der Waals surface area contributed by atoms with Gasteiger partial charge in [-0.15, -0.1) is 11.3 Å². The van der Waals surface area contributed by atoms with Crippen LogP contribution in [-0.2, 0) is 22.4 Å². The van der Waals surface area contributed by atoms with Crippen molar-refractivity contribution in [2.45, 2.75) is 25.8 Å². The van der Waals surface area contributed by atoms with Gasteiger partial charge in [-0.2, -0.15) is 0 Å². The van der Waals surface area contributed by atoms with Gasteiger partial charge in [0, 0.05) is 22.9 Å². The number of aryl methyl sites for hydroxylation is 1. The number of nitrogens with one attached hydrogen (secondary N) is 1. The second-order valence-corrected chi connectivity index (χ2v) is 7.76. The van der Waals surface area contributed by atoms with Crippen molar-refractivity contribution in [3.63, 3.8) is 0 Å². The molecule has 3 heterocycles. The molecule has 1 aliphatic rings. The van der Waals surface area contributed by atoms with Gasteiger partial charge in [0.15, 0.2) is 0 Å². The summed E-state index contributed by atoms with van der Waals surface area (Å²) < 4.78 is 5.67. The molecule has 5 nitrogen and oxygen atoms in total. The number of amides is 1. The summed E-state index contributed by atoms with van der Waals surface area (Å²) in [5.74, 6) is 0.275. The average molecular weight is 367 g/mol. The topological polar surface area (TPSA) is 64.1 Å². The Morgan fingerprint density at radius 3 is 3.04 bits per heavy atom. The summed E-state index contributed by atoms with van der Waals surface area (Å²) in [4.78, 5) is 21.2. The molecule has 0 radical (unpaired) electrons. The Morgan fingerprint density at radius 1 is 1.31 bits per heavy atom.